The highest BCUT2D eigenvalue weighted by Crippen LogP contribution is 2.24. The first-order chi connectivity index (χ1) is 13.2. The number of carbonyl (C=O) groups is 1. The Balaban J connectivity index is 1.46. The zero-order valence-electron chi connectivity index (χ0n) is 16.6. The van der Waals surface area contributed by atoms with E-state index in [9.17, 15) is 4.79 Å². The molecule has 1 aliphatic carbocycles. The minimum absolute atomic E-state index is 0.129. The Morgan fingerprint density at radius 2 is 1.93 bits per heavy atom. The molecule has 1 aromatic carbocycles. The average molecular weight is 375 g/mol. The van der Waals surface area contributed by atoms with Gasteiger partial charge in [0.2, 0.25) is 0 Å². The van der Waals surface area contributed by atoms with Gasteiger partial charge in [-0.1, -0.05) is 37.5 Å². The van der Waals surface area contributed by atoms with Gasteiger partial charge in [0.05, 0.1) is 13.2 Å². The number of hydrogen-bond acceptors (Lipinski definition) is 4. The molecule has 3 rings (SSSR count). The van der Waals surface area contributed by atoms with Crippen molar-refractivity contribution in [3.05, 3.63) is 29.8 Å². The highest BCUT2D eigenvalue weighted by molar-refractivity contribution is 5.90. The number of hydrogen-bond donors (Lipinski definition) is 2. The van der Waals surface area contributed by atoms with Crippen molar-refractivity contribution < 1.29 is 9.53 Å². The third kappa shape index (κ3) is 6.48. The number of nitrogens with zero attached hydrogens (tertiary/aromatic N) is 2. The number of urea groups is 1. The Morgan fingerprint density at radius 1 is 1.19 bits per heavy atom. The van der Waals surface area contributed by atoms with E-state index >= 15 is 0 Å². The van der Waals surface area contributed by atoms with E-state index in [2.05, 4.69) is 33.5 Å². The highest BCUT2D eigenvalue weighted by atomic mass is 16.5. The molecule has 1 heterocycles. The first-order valence-electron chi connectivity index (χ1n) is 10.4. The van der Waals surface area contributed by atoms with Crippen LogP contribution in [0.1, 0.15) is 37.7 Å². The number of amides is 2. The van der Waals surface area contributed by atoms with Gasteiger partial charge in [-0.2, -0.15) is 0 Å². The normalized spacial score (nSPS) is 19.2. The van der Waals surface area contributed by atoms with Gasteiger partial charge in [-0.3, -0.25) is 9.80 Å². The molecule has 27 heavy (non-hydrogen) atoms. The van der Waals surface area contributed by atoms with Crippen molar-refractivity contribution in [3.63, 3.8) is 0 Å². The topological polar surface area (TPSA) is 56.8 Å². The van der Waals surface area contributed by atoms with Crippen LogP contribution < -0.4 is 10.6 Å². The Bertz CT molecular complexity index is 583. The Hall–Kier alpha value is -1.63. The third-order valence-electron chi connectivity index (χ3n) is 5.70. The molecule has 6 nitrogen and oxygen atoms in total. The molecule has 2 amide bonds. The van der Waals surface area contributed by atoms with E-state index in [1.54, 1.807) is 0 Å². The van der Waals surface area contributed by atoms with Gasteiger partial charge in [0.1, 0.15) is 0 Å². The van der Waals surface area contributed by atoms with Crippen molar-refractivity contribution >= 4 is 11.7 Å². The maximum atomic E-state index is 12.3. The summed E-state index contributed by atoms with van der Waals surface area (Å²) in [4.78, 5) is 17.1. The summed E-state index contributed by atoms with van der Waals surface area (Å²) in [6, 6.07) is 8.66. The lowest BCUT2D eigenvalue weighted by Crippen LogP contribution is -2.42. The minimum atomic E-state index is -0.129. The molecule has 1 saturated carbocycles. The number of ether oxygens (including phenoxy) is 1. The quantitative estimate of drug-likeness (QED) is 0.771. The predicted molar refractivity (Wildman–Crippen MR) is 109 cm³/mol. The minimum Gasteiger partial charge on any atom is -0.379 e. The number of para-hydroxylation sites is 1. The van der Waals surface area contributed by atoms with Crippen molar-refractivity contribution in [1.29, 1.82) is 0 Å². The molecule has 0 bridgehead atoms. The summed E-state index contributed by atoms with van der Waals surface area (Å²) >= 11 is 0. The molecule has 0 atom stereocenters. The van der Waals surface area contributed by atoms with Crippen LogP contribution in [0.3, 0.4) is 0 Å². The number of benzene rings is 1. The van der Waals surface area contributed by atoms with E-state index in [0.29, 0.717) is 12.6 Å². The van der Waals surface area contributed by atoms with Gasteiger partial charge >= 0.3 is 6.03 Å². The molecule has 0 unspecified atom stereocenters. The van der Waals surface area contributed by atoms with Gasteiger partial charge in [-0.05, 0) is 31.5 Å². The molecule has 2 N–H and O–H groups in total. The predicted octanol–water partition coefficient (Wildman–Crippen LogP) is 2.90. The fourth-order valence-electron chi connectivity index (χ4n) is 4.02. The van der Waals surface area contributed by atoms with Crippen molar-refractivity contribution in [2.75, 3.05) is 51.8 Å². The number of carbonyl (C=O) groups excluding carboxylic acids is 1. The Kier molecular flexibility index (Phi) is 7.93. The summed E-state index contributed by atoms with van der Waals surface area (Å²) < 4.78 is 5.35. The monoisotopic (exact) mass is 374 g/mol. The van der Waals surface area contributed by atoms with Crippen LogP contribution in [0.2, 0.25) is 0 Å². The second-order valence-corrected chi connectivity index (χ2v) is 7.70. The van der Waals surface area contributed by atoms with Gasteiger partial charge in [-0.15, -0.1) is 0 Å². The summed E-state index contributed by atoms with van der Waals surface area (Å²) in [7, 11) is 2.20. The number of morpholine rings is 1. The molecule has 0 aromatic heterocycles. The molecule has 1 aromatic rings. The van der Waals surface area contributed by atoms with Crippen LogP contribution in [0.25, 0.3) is 0 Å². The zero-order chi connectivity index (χ0) is 18.9. The van der Waals surface area contributed by atoms with Crippen LogP contribution in [0.5, 0.6) is 0 Å². The highest BCUT2D eigenvalue weighted by Gasteiger charge is 2.19. The molecule has 1 saturated heterocycles. The molecule has 1 aliphatic heterocycles. The van der Waals surface area contributed by atoms with Gasteiger partial charge in [0.25, 0.3) is 0 Å². The van der Waals surface area contributed by atoms with E-state index in [1.165, 1.54) is 37.7 Å². The molecule has 150 valence electrons. The summed E-state index contributed by atoms with van der Waals surface area (Å²) in [5.41, 5.74) is 2.08. The van der Waals surface area contributed by atoms with Crippen LogP contribution >= 0.6 is 0 Å². The maximum absolute atomic E-state index is 12.3. The van der Waals surface area contributed by atoms with Crippen molar-refractivity contribution in [2.45, 2.75) is 44.7 Å². The molecule has 2 aliphatic rings. The van der Waals surface area contributed by atoms with Crippen LogP contribution in [0, 0.1) is 0 Å². The first-order valence-corrected chi connectivity index (χ1v) is 10.4. The largest absolute Gasteiger partial charge is 0.379 e. The average Bonchev–Trinajstić information content (AvgIpc) is 2.71. The molecule has 0 radical (unpaired) electrons. The summed E-state index contributed by atoms with van der Waals surface area (Å²) in [5.74, 6) is 0. The van der Waals surface area contributed by atoms with Crippen molar-refractivity contribution in [3.8, 4) is 0 Å². The fraction of sp³-hybridized carbons (Fsp3) is 0.667. The fourth-order valence-corrected chi connectivity index (χ4v) is 4.02. The van der Waals surface area contributed by atoms with Gasteiger partial charge < -0.3 is 15.4 Å². The molecule has 6 heteroatoms. The Labute approximate surface area is 163 Å². The van der Waals surface area contributed by atoms with Gasteiger partial charge in [0, 0.05) is 44.5 Å². The van der Waals surface area contributed by atoms with E-state index in [1.807, 2.05) is 18.2 Å². The lowest BCUT2D eigenvalue weighted by Gasteiger charge is -2.31. The smallest absolute Gasteiger partial charge is 0.319 e. The van der Waals surface area contributed by atoms with Gasteiger partial charge in [0.15, 0.2) is 0 Å². The van der Waals surface area contributed by atoms with Crippen molar-refractivity contribution in [2.24, 2.45) is 0 Å². The number of rotatable bonds is 7. The standard InChI is InChI=1S/C21H34N4O2/c1-24(19-8-3-2-4-9-19)17-18-7-5-6-10-20(18)23-21(26)22-11-12-25-13-15-27-16-14-25/h5-7,10,19H,2-4,8-9,11-17H2,1H3,(H2,22,23,26). The van der Waals surface area contributed by atoms with Crippen LogP contribution in [-0.4, -0.2) is 68.3 Å². The van der Waals surface area contributed by atoms with Crippen LogP contribution in [0.4, 0.5) is 10.5 Å². The summed E-state index contributed by atoms with van der Waals surface area (Å²) in [6.45, 7) is 5.84. The van der Waals surface area contributed by atoms with E-state index in [-0.39, 0.29) is 6.03 Å². The van der Waals surface area contributed by atoms with Gasteiger partial charge in [-0.25, -0.2) is 4.79 Å². The summed E-state index contributed by atoms with van der Waals surface area (Å²) in [5, 5.41) is 6.01. The lowest BCUT2D eigenvalue weighted by molar-refractivity contribution is 0.0388. The third-order valence-corrected chi connectivity index (χ3v) is 5.70. The maximum Gasteiger partial charge on any atom is 0.319 e. The SMILES string of the molecule is CN(Cc1ccccc1NC(=O)NCCN1CCOCC1)C1CCCCC1. The Morgan fingerprint density at radius 3 is 2.70 bits per heavy atom. The molecule has 0 spiro atoms. The van der Waals surface area contributed by atoms with E-state index < -0.39 is 0 Å². The number of anilines is 1. The van der Waals surface area contributed by atoms with Crippen molar-refractivity contribution in [1.82, 2.24) is 15.1 Å². The second kappa shape index (κ2) is 10.6. The molecular formula is C21H34N4O2. The lowest BCUT2D eigenvalue weighted by atomic mass is 9.94. The summed E-state index contributed by atoms with van der Waals surface area (Å²) in [6.07, 6.45) is 6.61. The van der Waals surface area contributed by atoms with E-state index in [4.69, 9.17) is 4.74 Å². The first kappa shape index (κ1) is 20.1. The van der Waals surface area contributed by atoms with Crippen LogP contribution in [0.15, 0.2) is 24.3 Å². The zero-order valence-corrected chi connectivity index (χ0v) is 16.6. The molecular weight excluding hydrogens is 340 g/mol. The number of nitrogens with one attached hydrogen (secondary N) is 2. The van der Waals surface area contributed by atoms with Crippen LogP contribution in [-0.2, 0) is 11.3 Å². The van der Waals surface area contributed by atoms with E-state index in [0.717, 1.165) is 45.1 Å². The molecule has 2 fully saturated rings. The second-order valence-electron chi connectivity index (χ2n) is 7.70.